The van der Waals surface area contributed by atoms with Gasteiger partial charge in [-0.15, -0.1) is 5.10 Å². The first-order chi connectivity index (χ1) is 12.0. The molecule has 0 fully saturated rings. The molecule has 1 aromatic carbocycles. The zero-order valence-electron chi connectivity index (χ0n) is 14.2. The molecular formula is C15H19N9S. The van der Waals surface area contributed by atoms with Crippen LogP contribution in [0.25, 0.3) is 0 Å². The molecule has 0 radical (unpaired) electrons. The summed E-state index contributed by atoms with van der Waals surface area (Å²) in [5.74, 6) is 1.14. The third kappa shape index (κ3) is 4.21. The highest BCUT2D eigenvalue weighted by Crippen LogP contribution is 2.32. The Morgan fingerprint density at radius 2 is 1.84 bits per heavy atom. The second-order valence-electron chi connectivity index (χ2n) is 5.63. The van der Waals surface area contributed by atoms with Crippen molar-refractivity contribution in [3.8, 4) is 0 Å². The summed E-state index contributed by atoms with van der Waals surface area (Å²) in [6.45, 7) is 6.02. The molecule has 0 saturated heterocycles. The first-order valence-electron chi connectivity index (χ1n) is 7.81. The average molecular weight is 357 g/mol. The SMILES string of the molecule is CC(Sc1nnnn1C(C)C)c1nc(N)nc(Nc2ccccc2)n1. The maximum atomic E-state index is 5.85. The van der Waals surface area contributed by atoms with Crippen molar-refractivity contribution in [1.82, 2.24) is 35.2 Å². The van der Waals surface area contributed by atoms with Gasteiger partial charge in [-0.25, -0.2) is 4.68 Å². The van der Waals surface area contributed by atoms with Crippen LogP contribution in [-0.2, 0) is 0 Å². The van der Waals surface area contributed by atoms with Gasteiger partial charge in [0, 0.05) is 5.69 Å². The van der Waals surface area contributed by atoms with Crippen LogP contribution < -0.4 is 11.1 Å². The fraction of sp³-hybridized carbons (Fsp3) is 0.333. The Balaban J connectivity index is 1.80. The molecule has 0 saturated carbocycles. The summed E-state index contributed by atoms with van der Waals surface area (Å²) in [7, 11) is 0. The third-order valence-electron chi connectivity index (χ3n) is 3.30. The molecule has 0 bridgehead atoms. The molecule has 0 spiro atoms. The molecule has 25 heavy (non-hydrogen) atoms. The second kappa shape index (κ2) is 7.43. The zero-order valence-corrected chi connectivity index (χ0v) is 15.0. The monoisotopic (exact) mass is 357 g/mol. The molecule has 1 atom stereocenters. The second-order valence-corrected chi connectivity index (χ2v) is 6.93. The van der Waals surface area contributed by atoms with E-state index in [1.807, 2.05) is 51.1 Å². The molecule has 10 heteroatoms. The Hall–Kier alpha value is -2.75. The van der Waals surface area contributed by atoms with Crippen LogP contribution in [0.3, 0.4) is 0 Å². The van der Waals surface area contributed by atoms with Crippen molar-refractivity contribution in [3.05, 3.63) is 36.2 Å². The molecular weight excluding hydrogens is 338 g/mol. The van der Waals surface area contributed by atoms with Gasteiger partial charge in [-0.3, -0.25) is 0 Å². The number of rotatable bonds is 6. The first kappa shape index (κ1) is 17.1. The molecule has 130 valence electrons. The van der Waals surface area contributed by atoms with E-state index in [9.17, 15) is 0 Å². The number of hydrogen-bond acceptors (Lipinski definition) is 9. The summed E-state index contributed by atoms with van der Waals surface area (Å²) in [5.41, 5.74) is 6.72. The van der Waals surface area contributed by atoms with Crippen LogP contribution in [0.15, 0.2) is 35.5 Å². The number of para-hydroxylation sites is 1. The van der Waals surface area contributed by atoms with Gasteiger partial charge < -0.3 is 11.1 Å². The van der Waals surface area contributed by atoms with Crippen molar-refractivity contribution >= 4 is 29.3 Å². The smallest absolute Gasteiger partial charge is 0.232 e. The summed E-state index contributed by atoms with van der Waals surface area (Å²) in [4.78, 5) is 12.9. The predicted octanol–water partition coefficient (Wildman–Crippen LogP) is 2.62. The Bertz CT molecular complexity index is 834. The maximum Gasteiger partial charge on any atom is 0.232 e. The van der Waals surface area contributed by atoms with E-state index in [-0.39, 0.29) is 17.2 Å². The highest BCUT2D eigenvalue weighted by Gasteiger charge is 2.18. The van der Waals surface area contributed by atoms with E-state index >= 15 is 0 Å². The Morgan fingerprint density at radius 1 is 1.08 bits per heavy atom. The molecule has 0 amide bonds. The van der Waals surface area contributed by atoms with Crippen LogP contribution in [0.1, 0.15) is 37.9 Å². The Labute approximate surface area is 149 Å². The zero-order chi connectivity index (χ0) is 17.8. The number of nitrogens with zero attached hydrogens (tertiary/aromatic N) is 7. The lowest BCUT2D eigenvalue weighted by Crippen LogP contribution is -2.09. The van der Waals surface area contributed by atoms with E-state index in [1.165, 1.54) is 11.8 Å². The Kier molecular flexibility index (Phi) is 5.08. The highest BCUT2D eigenvalue weighted by atomic mass is 32.2. The van der Waals surface area contributed by atoms with Gasteiger partial charge in [0.1, 0.15) is 5.82 Å². The summed E-state index contributed by atoms with van der Waals surface area (Å²) < 4.78 is 1.76. The van der Waals surface area contributed by atoms with E-state index in [0.29, 0.717) is 16.9 Å². The minimum absolute atomic E-state index is 0.0925. The van der Waals surface area contributed by atoms with Gasteiger partial charge in [-0.1, -0.05) is 30.0 Å². The number of nitrogens with two attached hydrogens (primary N) is 1. The Morgan fingerprint density at radius 3 is 2.56 bits per heavy atom. The maximum absolute atomic E-state index is 5.85. The predicted molar refractivity (Wildman–Crippen MR) is 96.4 cm³/mol. The van der Waals surface area contributed by atoms with Gasteiger partial charge in [0.05, 0.1) is 11.3 Å². The van der Waals surface area contributed by atoms with E-state index in [2.05, 4.69) is 35.8 Å². The molecule has 3 aromatic rings. The highest BCUT2D eigenvalue weighted by molar-refractivity contribution is 7.99. The molecule has 1 unspecified atom stereocenters. The number of aromatic nitrogens is 7. The molecule has 2 aromatic heterocycles. The fourth-order valence-electron chi connectivity index (χ4n) is 2.10. The number of benzene rings is 1. The summed E-state index contributed by atoms with van der Waals surface area (Å²) in [6, 6.07) is 9.82. The number of nitrogens with one attached hydrogen (secondary N) is 1. The lowest BCUT2D eigenvalue weighted by Gasteiger charge is -2.13. The summed E-state index contributed by atoms with van der Waals surface area (Å²) >= 11 is 1.47. The van der Waals surface area contributed by atoms with Gasteiger partial charge in [0.25, 0.3) is 0 Å². The minimum atomic E-state index is -0.0925. The number of thioether (sulfide) groups is 1. The molecule has 0 aliphatic carbocycles. The quantitative estimate of drug-likeness (QED) is 0.641. The number of anilines is 3. The molecule has 3 rings (SSSR count). The molecule has 0 aliphatic heterocycles. The molecule has 9 nitrogen and oxygen atoms in total. The standard InChI is InChI=1S/C15H19N9S/c1-9(2)24-15(21-22-23-24)25-10(3)12-18-13(16)20-14(19-12)17-11-7-5-4-6-8-11/h4-10H,1-3H3,(H3,16,17,18,19,20). The number of nitrogen functional groups attached to an aromatic ring is 1. The largest absolute Gasteiger partial charge is 0.368 e. The van der Waals surface area contributed by atoms with Crippen molar-refractivity contribution in [2.75, 3.05) is 11.1 Å². The molecule has 2 heterocycles. The van der Waals surface area contributed by atoms with E-state index in [1.54, 1.807) is 4.68 Å². The number of hydrogen-bond donors (Lipinski definition) is 2. The summed E-state index contributed by atoms with van der Waals surface area (Å²) in [6.07, 6.45) is 0. The minimum Gasteiger partial charge on any atom is -0.368 e. The molecule has 3 N–H and O–H groups in total. The van der Waals surface area contributed by atoms with E-state index < -0.39 is 0 Å². The van der Waals surface area contributed by atoms with Crippen LogP contribution in [0.5, 0.6) is 0 Å². The van der Waals surface area contributed by atoms with Crippen LogP contribution in [0.2, 0.25) is 0 Å². The number of tetrazole rings is 1. The van der Waals surface area contributed by atoms with Crippen molar-refractivity contribution in [3.63, 3.8) is 0 Å². The van der Waals surface area contributed by atoms with E-state index in [0.717, 1.165) is 5.69 Å². The topological polar surface area (TPSA) is 120 Å². The first-order valence-corrected chi connectivity index (χ1v) is 8.69. The van der Waals surface area contributed by atoms with Gasteiger partial charge >= 0.3 is 0 Å². The van der Waals surface area contributed by atoms with Crippen molar-refractivity contribution in [1.29, 1.82) is 0 Å². The van der Waals surface area contributed by atoms with Crippen LogP contribution >= 0.6 is 11.8 Å². The summed E-state index contributed by atoms with van der Waals surface area (Å²) in [5, 5.41) is 15.5. The van der Waals surface area contributed by atoms with Gasteiger partial charge in [0.2, 0.25) is 17.1 Å². The van der Waals surface area contributed by atoms with Crippen molar-refractivity contribution in [2.24, 2.45) is 0 Å². The lowest BCUT2D eigenvalue weighted by atomic mass is 10.3. The normalized spacial score (nSPS) is 12.3. The van der Waals surface area contributed by atoms with E-state index in [4.69, 9.17) is 5.73 Å². The molecule has 0 aliphatic rings. The van der Waals surface area contributed by atoms with Gasteiger partial charge in [-0.2, -0.15) is 15.0 Å². The van der Waals surface area contributed by atoms with Gasteiger partial charge in [0.15, 0.2) is 0 Å². The average Bonchev–Trinajstić information content (AvgIpc) is 3.03. The van der Waals surface area contributed by atoms with Gasteiger partial charge in [-0.05, 0) is 43.3 Å². The third-order valence-corrected chi connectivity index (χ3v) is 4.34. The van der Waals surface area contributed by atoms with Crippen molar-refractivity contribution in [2.45, 2.75) is 37.2 Å². The van der Waals surface area contributed by atoms with Crippen LogP contribution in [0, 0.1) is 0 Å². The lowest BCUT2D eigenvalue weighted by molar-refractivity contribution is 0.476. The fourth-order valence-corrected chi connectivity index (χ4v) is 3.06. The van der Waals surface area contributed by atoms with Crippen molar-refractivity contribution < 1.29 is 0 Å². The van der Waals surface area contributed by atoms with Crippen LogP contribution in [-0.4, -0.2) is 35.2 Å². The van der Waals surface area contributed by atoms with Crippen LogP contribution in [0.4, 0.5) is 17.6 Å².